The smallest absolute Gasteiger partial charge is 0.0565 e. The van der Waals surface area contributed by atoms with E-state index in [1.165, 1.54) is 10.8 Å². The van der Waals surface area contributed by atoms with Crippen molar-refractivity contribution in [1.29, 1.82) is 0 Å². The molecule has 2 N–H and O–H groups in total. The van der Waals surface area contributed by atoms with Gasteiger partial charge >= 0.3 is 0 Å². The summed E-state index contributed by atoms with van der Waals surface area (Å²) in [6.07, 6.45) is 0. The second-order valence-corrected chi connectivity index (χ2v) is 2.90. The summed E-state index contributed by atoms with van der Waals surface area (Å²) < 4.78 is 0. The lowest BCUT2D eigenvalue weighted by Crippen LogP contribution is -2.14. The number of hydrogen-bond acceptors (Lipinski definition) is 2. The van der Waals surface area contributed by atoms with Crippen LogP contribution in [0, 0.1) is 0 Å². The molecule has 2 aromatic carbocycles. The molecule has 0 aliphatic rings. The summed E-state index contributed by atoms with van der Waals surface area (Å²) in [5, 5.41) is 2.49. The minimum atomic E-state index is 1.11. The fraction of sp³-hybridized carbons (Fsp3) is 0.0909. The van der Waals surface area contributed by atoms with Gasteiger partial charge in [0.2, 0.25) is 0 Å². The van der Waals surface area contributed by atoms with E-state index in [-0.39, 0.29) is 0 Å². The average Bonchev–Trinajstić information content (AvgIpc) is 2.19. The van der Waals surface area contributed by atoms with Gasteiger partial charge in [-0.15, -0.1) is 0 Å². The summed E-state index contributed by atoms with van der Waals surface area (Å²) in [7, 11) is 1.86. The zero-order valence-electron chi connectivity index (χ0n) is 7.54. The summed E-state index contributed by atoms with van der Waals surface area (Å²) in [5.74, 6) is 0. The Bertz CT molecular complexity index is 404. The number of fused-ring (bicyclic) bond motifs is 1. The lowest BCUT2D eigenvalue weighted by atomic mass is 10.1. The van der Waals surface area contributed by atoms with Crippen molar-refractivity contribution < 1.29 is 0 Å². The van der Waals surface area contributed by atoms with Gasteiger partial charge in [0.1, 0.15) is 0 Å². The Morgan fingerprint density at radius 3 is 2.54 bits per heavy atom. The van der Waals surface area contributed by atoms with Gasteiger partial charge < -0.3 is 5.43 Å². The van der Waals surface area contributed by atoms with Crippen LogP contribution in [0.3, 0.4) is 0 Å². The first-order chi connectivity index (χ1) is 6.42. The van der Waals surface area contributed by atoms with Crippen molar-refractivity contribution in [2.75, 3.05) is 12.5 Å². The lowest BCUT2D eigenvalue weighted by Gasteiger charge is -2.07. The van der Waals surface area contributed by atoms with Crippen molar-refractivity contribution >= 4 is 16.5 Å². The van der Waals surface area contributed by atoms with Gasteiger partial charge in [0.25, 0.3) is 0 Å². The predicted molar refractivity (Wildman–Crippen MR) is 56.6 cm³/mol. The Kier molecular flexibility index (Phi) is 2.15. The van der Waals surface area contributed by atoms with Gasteiger partial charge in [0, 0.05) is 12.4 Å². The van der Waals surface area contributed by atoms with Gasteiger partial charge in [-0.25, -0.2) is 5.43 Å². The molecule has 0 atom stereocenters. The molecule has 0 aromatic heterocycles. The molecule has 0 saturated carbocycles. The number of benzene rings is 2. The predicted octanol–water partition coefficient (Wildman–Crippen LogP) is 2.39. The van der Waals surface area contributed by atoms with Crippen molar-refractivity contribution in [3.05, 3.63) is 42.5 Å². The molecule has 2 aromatic rings. The van der Waals surface area contributed by atoms with Crippen molar-refractivity contribution in [3.63, 3.8) is 0 Å². The van der Waals surface area contributed by atoms with E-state index in [4.69, 9.17) is 0 Å². The average molecular weight is 172 g/mol. The summed E-state index contributed by atoms with van der Waals surface area (Å²) in [5.41, 5.74) is 7.14. The zero-order chi connectivity index (χ0) is 9.10. The third-order valence-electron chi connectivity index (χ3n) is 2.05. The number of hydrogen-bond donors (Lipinski definition) is 2. The van der Waals surface area contributed by atoms with Crippen LogP contribution in [0.1, 0.15) is 0 Å². The highest BCUT2D eigenvalue weighted by atomic mass is 15.3. The van der Waals surface area contributed by atoms with E-state index in [0.717, 1.165) is 5.69 Å². The van der Waals surface area contributed by atoms with E-state index in [1.807, 2.05) is 25.2 Å². The molecule has 2 rings (SSSR count). The van der Waals surface area contributed by atoms with Crippen molar-refractivity contribution in [2.24, 2.45) is 0 Å². The van der Waals surface area contributed by atoms with Gasteiger partial charge in [-0.05, 0) is 11.5 Å². The zero-order valence-corrected chi connectivity index (χ0v) is 7.54. The van der Waals surface area contributed by atoms with Crippen LogP contribution in [-0.4, -0.2) is 7.05 Å². The number of rotatable bonds is 2. The highest BCUT2D eigenvalue weighted by Gasteiger charge is 1.96. The van der Waals surface area contributed by atoms with Crippen LogP contribution in [0.5, 0.6) is 0 Å². The minimum absolute atomic E-state index is 1.11. The standard InChI is InChI=1S/C11H12N2/c1-12-13-11-8-4-6-9-5-2-3-7-10(9)11/h2-8,12-13H,1H3. The third-order valence-corrected chi connectivity index (χ3v) is 2.05. The second kappa shape index (κ2) is 3.46. The fourth-order valence-electron chi connectivity index (χ4n) is 1.47. The number of hydrazine groups is 1. The molecule has 0 unspecified atom stereocenters. The van der Waals surface area contributed by atoms with E-state index in [2.05, 4.69) is 35.1 Å². The number of nitrogens with one attached hydrogen (secondary N) is 2. The van der Waals surface area contributed by atoms with Gasteiger partial charge in [0.15, 0.2) is 0 Å². The summed E-state index contributed by atoms with van der Waals surface area (Å²) >= 11 is 0. The lowest BCUT2D eigenvalue weighted by molar-refractivity contribution is 0.988. The largest absolute Gasteiger partial charge is 0.321 e. The topological polar surface area (TPSA) is 24.1 Å². The van der Waals surface area contributed by atoms with E-state index in [1.54, 1.807) is 0 Å². The van der Waals surface area contributed by atoms with Crippen LogP contribution in [0.4, 0.5) is 5.69 Å². The molecule has 2 nitrogen and oxygen atoms in total. The Morgan fingerprint density at radius 1 is 0.923 bits per heavy atom. The first kappa shape index (κ1) is 8.08. The normalized spacial score (nSPS) is 10.2. The molecule has 66 valence electrons. The molecular formula is C11H12N2. The quantitative estimate of drug-likeness (QED) is 0.680. The van der Waals surface area contributed by atoms with Crippen LogP contribution in [0.15, 0.2) is 42.5 Å². The van der Waals surface area contributed by atoms with Gasteiger partial charge in [-0.2, -0.15) is 0 Å². The molecule has 0 heterocycles. The van der Waals surface area contributed by atoms with Crippen LogP contribution >= 0.6 is 0 Å². The molecular weight excluding hydrogens is 160 g/mol. The van der Waals surface area contributed by atoms with Gasteiger partial charge in [-0.1, -0.05) is 36.4 Å². The first-order valence-electron chi connectivity index (χ1n) is 4.32. The van der Waals surface area contributed by atoms with Crippen molar-refractivity contribution in [2.45, 2.75) is 0 Å². The Balaban J connectivity index is 2.61. The highest BCUT2D eigenvalue weighted by Crippen LogP contribution is 2.21. The Labute approximate surface area is 77.5 Å². The molecule has 0 bridgehead atoms. The summed E-state index contributed by atoms with van der Waals surface area (Å²) in [6, 6.07) is 14.5. The maximum absolute atomic E-state index is 3.10. The molecule has 0 aliphatic carbocycles. The second-order valence-electron chi connectivity index (χ2n) is 2.90. The van der Waals surface area contributed by atoms with Gasteiger partial charge in [0.05, 0.1) is 5.69 Å². The van der Waals surface area contributed by atoms with Crippen LogP contribution < -0.4 is 10.9 Å². The summed E-state index contributed by atoms with van der Waals surface area (Å²) in [4.78, 5) is 0. The molecule has 0 aliphatic heterocycles. The molecule has 0 radical (unpaired) electrons. The van der Waals surface area contributed by atoms with Crippen LogP contribution in [0.25, 0.3) is 10.8 Å². The molecule has 0 spiro atoms. The van der Waals surface area contributed by atoms with E-state index in [0.29, 0.717) is 0 Å². The van der Waals surface area contributed by atoms with E-state index in [9.17, 15) is 0 Å². The Morgan fingerprint density at radius 2 is 1.69 bits per heavy atom. The number of anilines is 1. The maximum Gasteiger partial charge on any atom is 0.0565 e. The maximum atomic E-state index is 3.10. The summed E-state index contributed by atoms with van der Waals surface area (Å²) in [6.45, 7) is 0. The fourth-order valence-corrected chi connectivity index (χ4v) is 1.47. The molecule has 13 heavy (non-hydrogen) atoms. The Hall–Kier alpha value is -1.54. The third kappa shape index (κ3) is 1.48. The minimum Gasteiger partial charge on any atom is -0.321 e. The molecule has 0 saturated heterocycles. The first-order valence-corrected chi connectivity index (χ1v) is 4.32. The molecule has 0 fully saturated rings. The van der Waals surface area contributed by atoms with E-state index < -0.39 is 0 Å². The molecule has 2 heteroatoms. The van der Waals surface area contributed by atoms with Crippen molar-refractivity contribution in [3.8, 4) is 0 Å². The highest BCUT2D eigenvalue weighted by molar-refractivity contribution is 5.93. The van der Waals surface area contributed by atoms with Crippen molar-refractivity contribution in [1.82, 2.24) is 5.43 Å². The van der Waals surface area contributed by atoms with Crippen LogP contribution in [0.2, 0.25) is 0 Å². The molecule has 0 amide bonds. The monoisotopic (exact) mass is 172 g/mol. The van der Waals surface area contributed by atoms with E-state index >= 15 is 0 Å². The van der Waals surface area contributed by atoms with Gasteiger partial charge in [-0.3, -0.25) is 0 Å². The SMILES string of the molecule is CNNc1cccc2ccccc12. The van der Waals surface area contributed by atoms with Crippen LogP contribution in [-0.2, 0) is 0 Å².